The normalized spacial score (nSPS) is 10.2. The highest BCUT2D eigenvalue weighted by atomic mass is 32.2. The summed E-state index contributed by atoms with van der Waals surface area (Å²) in [6.45, 7) is 7.80. The predicted octanol–water partition coefficient (Wildman–Crippen LogP) is 3.85. The van der Waals surface area contributed by atoms with Gasteiger partial charge in [0.25, 0.3) is 0 Å². The lowest BCUT2D eigenvalue weighted by Gasteiger charge is -2.22. The van der Waals surface area contributed by atoms with Crippen molar-refractivity contribution in [3.63, 3.8) is 0 Å². The molecule has 3 rings (SSSR count). The number of methoxy groups -OCH3 is 2. The summed E-state index contributed by atoms with van der Waals surface area (Å²) < 4.78 is 15.3. The van der Waals surface area contributed by atoms with E-state index in [0.29, 0.717) is 33.5 Å². The van der Waals surface area contributed by atoms with Crippen LogP contribution in [-0.2, 0) is 15.3 Å². The fourth-order valence-corrected chi connectivity index (χ4v) is 4.30. The Balaban J connectivity index is 2.11. The molecule has 2 aromatic heterocycles. The van der Waals surface area contributed by atoms with E-state index in [0.717, 1.165) is 5.56 Å². The maximum Gasteiger partial charge on any atom is 0.325 e. The van der Waals surface area contributed by atoms with E-state index in [2.05, 4.69) is 20.9 Å². The Morgan fingerprint density at radius 2 is 2.00 bits per heavy atom. The summed E-state index contributed by atoms with van der Waals surface area (Å²) in [4.78, 5) is 26.1. The Kier molecular flexibility index (Phi) is 9.67. The molecule has 2 heterocycles. The molecule has 0 aliphatic heterocycles. The molecule has 11 heteroatoms. The third-order valence-electron chi connectivity index (χ3n) is 5.18. The van der Waals surface area contributed by atoms with Crippen LogP contribution in [0.5, 0.6) is 11.6 Å². The number of aliphatic hydroxyl groups excluding tert-OH is 1. The quantitative estimate of drug-likeness (QED) is 0.227. The van der Waals surface area contributed by atoms with Crippen molar-refractivity contribution in [1.29, 1.82) is 5.26 Å². The van der Waals surface area contributed by atoms with Crippen molar-refractivity contribution in [2.45, 2.75) is 10.8 Å². The molecule has 1 aromatic carbocycles. The number of hydrogen-bond acceptors (Lipinski definition) is 10. The van der Waals surface area contributed by atoms with Crippen LogP contribution in [-0.4, -0.2) is 62.1 Å². The molecule has 0 aliphatic carbocycles. The summed E-state index contributed by atoms with van der Waals surface area (Å²) in [6, 6.07) is 12.7. The van der Waals surface area contributed by atoms with Gasteiger partial charge in [0.05, 0.1) is 33.0 Å². The smallest absolute Gasteiger partial charge is 0.325 e. The highest BCUT2D eigenvalue weighted by Crippen LogP contribution is 2.44. The van der Waals surface area contributed by atoms with Gasteiger partial charge in [-0.15, -0.1) is 11.8 Å². The van der Waals surface area contributed by atoms with Gasteiger partial charge in [-0.05, 0) is 23.3 Å². The Bertz CT molecular complexity index is 1320. The minimum absolute atomic E-state index is 0.118. The van der Waals surface area contributed by atoms with Crippen LogP contribution >= 0.6 is 11.8 Å². The maximum atomic E-state index is 12.0. The van der Waals surface area contributed by atoms with Gasteiger partial charge in [-0.2, -0.15) is 5.26 Å². The number of hydrogen-bond donors (Lipinski definition) is 1. The van der Waals surface area contributed by atoms with E-state index in [1.54, 1.807) is 43.6 Å². The number of pyridine rings is 2. The first-order valence-corrected chi connectivity index (χ1v) is 12.0. The number of anilines is 1. The average molecular weight is 520 g/mol. The topological polar surface area (TPSA) is 122 Å². The minimum atomic E-state index is -0.491. The molecule has 37 heavy (non-hydrogen) atoms. The van der Waals surface area contributed by atoms with E-state index in [9.17, 15) is 10.1 Å². The van der Waals surface area contributed by atoms with Gasteiger partial charge in [0.2, 0.25) is 11.6 Å². The van der Waals surface area contributed by atoms with E-state index in [1.807, 2.05) is 6.07 Å². The zero-order chi connectivity index (χ0) is 26.8. The molecular formula is C26H25N5O5S. The standard InChI is InChI=1S/C26H25N5O5S/c1-28-24-23(18-6-8-19(9-7-18)36-12-11-32)20(13-27)26(30-25(24)31(2)15-22(33)35-4)37-16-17-5-10-21(34-3)29-14-17/h5-10,14,32H,11-12,15-16H2,2-4H3. The van der Waals surface area contributed by atoms with Gasteiger partial charge in [-0.25, -0.2) is 14.8 Å². The molecule has 0 aliphatic rings. The first-order valence-electron chi connectivity index (χ1n) is 11.0. The molecule has 0 unspecified atom stereocenters. The zero-order valence-corrected chi connectivity index (χ0v) is 21.4. The summed E-state index contributed by atoms with van der Waals surface area (Å²) >= 11 is 1.32. The molecule has 0 spiro atoms. The third kappa shape index (κ3) is 6.67. The molecule has 1 N–H and O–H groups in total. The molecule has 0 saturated heterocycles. The van der Waals surface area contributed by atoms with Crippen LogP contribution in [0, 0.1) is 17.9 Å². The van der Waals surface area contributed by atoms with Crippen molar-refractivity contribution in [3.8, 4) is 28.8 Å². The van der Waals surface area contributed by atoms with E-state index >= 15 is 0 Å². The number of carbonyl (C=O) groups is 1. The van der Waals surface area contributed by atoms with Crippen molar-refractivity contribution >= 4 is 29.2 Å². The highest BCUT2D eigenvalue weighted by Gasteiger charge is 2.25. The van der Waals surface area contributed by atoms with E-state index in [-0.39, 0.29) is 36.8 Å². The summed E-state index contributed by atoms with van der Waals surface area (Å²) in [5.74, 6) is 1.26. The second-order valence-electron chi connectivity index (χ2n) is 7.59. The molecular weight excluding hydrogens is 494 g/mol. The van der Waals surface area contributed by atoms with E-state index < -0.39 is 5.97 Å². The monoisotopic (exact) mass is 519 g/mol. The lowest BCUT2D eigenvalue weighted by Crippen LogP contribution is -2.27. The number of rotatable bonds is 11. The number of benzene rings is 1. The summed E-state index contributed by atoms with van der Waals surface area (Å²) in [6.07, 6.45) is 1.68. The fraction of sp³-hybridized carbons (Fsp3) is 0.269. The van der Waals surface area contributed by atoms with Crippen molar-refractivity contribution in [2.24, 2.45) is 0 Å². The molecule has 3 aromatic rings. The Labute approximate surface area is 219 Å². The zero-order valence-electron chi connectivity index (χ0n) is 20.6. The van der Waals surface area contributed by atoms with Gasteiger partial charge in [-0.1, -0.05) is 18.2 Å². The summed E-state index contributed by atoms with van der Waals surface area (Å²) in [7, 11) is 4.46. The third-order valence-corrected chi connectivity index (χ3v) is 6.23. The average Bonchev–Trinajstić information content (AvgIpc) is 2.94. The molecule has 0 fully saturated rings. The fourth-order valence-electron chi connectivity index (χ4n) is 3.39. The number of nitrogens with zero attached hydrogens (tertiary/aromatic N) is 5. The van der Waals surface area contributed by atoms with Gasteiger partial charge in [0.1, 0.15) is 35.8 Å². The summed E-state index contributed by atoms with van der Waals surface area (Å²) in [5, 5.41) is 19.6. The number of ether oxygens (including phenoxy) is 3. The molecule has 190 valence electrons. The van der Waals surface area contributed by atoms with E-state index in [4.69, 9.17) is 25.9 Å². The van der Waals surface area contributed by atoms with Crippen LogP contribution in [0.1, 0.15) is 11.1 Å². The minimum Gasteiger partial charge on any atom is -0.491 e. The number of nitriles is 1. The molecule has 10 nitrogen and oxygen atoms in total. The Morgan fingerprint density at radius 1 is 1.24 bits per heavy atom. The second kappa shape index (κ2) is 13.1. The number of carbonyl (C=O) groups excluding carboxylic acids is 1. The highest BCUT2D eigenvalue weighted by molar-refractivity contribution is 7.98. The Morgan fingerprint density at radius 3 is 2.57 bits per heavy atom. The number of esters is 1. The lowest BCUT2D eigenvalue weighted by atomic mass is 9.99. The van der Waals surface area contributed by atoms with E-state index in [1.165, 1.54) is 30.9 Å². The number of thioether (sulfide) groups is 1. The second-order valence-corrected chi connectivity index (χ2v) is 8.55. The van der Waals surface area contributed by atoms with Crippen LogP contribution < -0.4 is 14.4 Å². The van der Waals surface area contributed by atoms with Crippen LogP contribution in [0.25, 0.3) is 16.0 Å². The predicted molar refractivity (Wildman–Crippen MR) is 139 cm³/mol. The SMILES string of the molecule is [C-]#[N+]c1c(N(C)CC(=O)OC)nc(SCc2ccc(OC)nc2)c(C#N)c1-c1ccc(OCCO)cc1. The first-order chi connectivity index (χ1) is 17.9. The van der Waals surface area contributed by atoms with Gasteiger partial charge >= 0.3 is 5.97 Å². The molecule has 0 atom stereocenters. The van der Waals surface area contributed by atoms with Crippen molar-refractivity contribution in [3.05, 3.63) is 65.1 Å². The molecule has 0 radical (unpaired) electrons. The van der Waals surface area contributed by atoms with Gasteiger partial charge in [0.15, 0.2) is 0 Å². The molecule has 0 amide bonds. The summed E-state index contributed by atoms with van der Waals surface area (Å²) in [5.41, 5.74) is 2.30. The van der Waals surface area contributed by atoms with Crippen LogP contribution in [0.2, 0.25) is 0 Å². The van der Waals surface area contributed by atoms with Gasteiger partial charge in [0, 0.05) is 30.6 Å². The van der Waals surface area contributed by atoms with Crippen molar-refractivity contribution in [1.82, 2.24) is 9.97 Å². The number of aromatic nitrogens is 2. The Hall–Kier alpha value is -4.32. The van der Waals surface area contributed by atoms with Crippen molar-refractivity contribution < 1.29 is 24.1 Å². The first kappa shape index (κ1) is 27.3. The number of aliphatic hydroxyl groups is 1. The van der Waals surface area contributed by atoms with Crippen LogP contribution in [0.4, 0.5) is 11.5 Å². The van der Waals surface area contributed by atoms with Crippen molar-refractivity contribution in [2.75, 3.05) is 45.9 Å². The number of likely N-dealkylation sites (N-methyl/N-ethyl adjacent to an activating group) is 1. The van der Waals surface area contributed by atoms with Crippen LogP contribution in [0.15, 0.2) is 47.6 Å². The van der Waals surface area contributed by atoms with Crippen LogP contribution in [0.3, 0.4) is 0 Å². The lowest BCUT2D eigenvalue weighted by molar-refractivity contribution is -0.138. The largest absolute Gasteiger partial charge is 0.491 e. The molecule has 0 bridgehead atoms. The maximum absolute atomic E-state index is 12.0. The molecule has 0 saturated carbocycles. The van der Waals surface area contributed by atoms with Gasteiger partial charge in [-0.3, -0.25) is 4.79 Å². The van der Waals surface area contributed by atoms with Gasteiger partial charge < -0.3 is 24.2 Å².